The highest BCUT2D eigenvalue weighted by atomic mass is 35.5. The maximum Gasteiger partial charge on any atom is 0.139 e. The number of halogens is 1. The van der Waals surface area contributed by atoms with Gasteiger partial charge in [-0.15, -0.1) is 11.6 Å². The third-order valence-corrected chi connectivity index (χ3v) is 22.3. The predicted molar refractivity (Wildman–Crippen MR) is 115 cm³/mol. The molecule has 0 aliphatic rings. The lowest BCUT2D eigenvalue weighted by molar-refractivity contribution is 0.436. The SMILES string of the molecule is CC(C)(C)[Si](C)(C)N(CCl)[Si](C(C)(C)C)(C(C)(C)C)C(C)(C)C. The van der Waals surface area contributed by atoms with Gasteiger partial charge >= 0.3 is 0 Å². The fourth-order valence-corrected chi connectivity index (χ4v) is 24.9. The van der Waals surface area contributed by atoms with Crippen molar-refractivity contribution in [3.63, 3.8) is 0 Å². The Hall–Kier alpha value is 0.684. The molecule has 0 amide bonds. The molecule has 140 valence electrons. The molecule has 0 N–H and O–H groups in total. The maximum atomic E-state index is 6.76. The van der Waals surface area contributed by atoms with Crippen molar-refractivity contribution in [2.24, 2.45) is 0 Å². The van der Waals surface area contributed by atoms with E-state index < -0.39 is 16.5 Å². The van der Waals surface area contributed by atoms with Crippen LogP contribution in [0, 0.1) is 0 Å². The summed E-state index contributed by atoms with van der Waals surface area (Å²) >= 11 is 6.76. The van der Waals surface area contributed by atoms with Gasteiger partial charge in [-0.3, -0.25) is 0 Å². The van der Waals surface area contributed by atoms with Gasteiger partial charge in [0.2, 0.25) is 0 Å². The summed E-state index contributed by atoms with van der Waals surface area (Å²) in [6.07, 6.45) is 0. The summed E-state index contributed by atoms with van der Waals surface area (Å²) in [5, 5.41) is 1.03. The zero-order valence-electron chi connectivity index (χ0n) is 18.5. The smallest absolute Gasteiger partial charge is 0.139 e. The predicted octanol–water partition coefficient (Wildman–Crippen LogP) is 7.84. The van der Waals surface area contributed by atoms with E-state index in [1.165, 1.54) is 0 Å². The largest absolute Gasteiger partial charge is 0.331 e. The van der Waals surface area contributed by atoms with Gasteiger partial charge in [-0.1, -0.05) is 96.2 Å². The van der Waals surface area contributed by atoms with E-state index in [9.17, 15) is 0 Å². The van der Waals surface area contributed by atoms with Crippen LogP contribution in [0.3, 0.4) is 0 Å². The van der Waals surface area contributed by atoms with Crippen LogP contribution in [0.4, 0.5) is 0 Å². The Morgan fingerprint density at radius 3 is 1.00 bits per heavy atom. The van der Waals surface area contributed by atoms with Gasteiger partial charge < -0.3 is 4.23 Å². The molecule has 0 saturated carbocycles. The summed E-state index contributed by atoms with van der Waals surface area (Å²) in [6, 6.07) is 0.661. The number of hydrogen-bond donors (Lipinski definition) is 0. The minimum absolute atomic E-state index is 0.244. The van der Waals surface area contributed by atoms with Gasteiger partial charge in [-0.25, -0.2) is 0 Å². The van der Waals surface area contributed by atoms with Gasteiger partial charge in [0.1, 0.15) is 16.5 Å². The molecule has 0 aliphatic heterocycles. The Kier molecular flexibility index (Phi) is 6.64. The van der Waals surface area contributed by atoms with Crippen LogP contribution >= 0.6 is 11.6 Å². The van der Waals surface area contributed by atoms with E-state index in [4.69, 9.17) is 11.6 Å². The Morgan fingerprint density at radius 1 is 0.609 bits per heavy atom. The number of alkyl halides is 1. The molecule has 0 aromatic rings. The van der Waals surface area contributed by atoms with Crippen LogP contribution in [0.5, 0.6) is 0 Å². The fraction of sp³-hybridized carbons (Fsp3) is 1.00. The van der Waals surface area contributed by atoms with E-state index in [1.54, 1.807) is 0 Å². The van der Waals surface area contributed by atoms with E-state index in [-0.39, 0.29) is 15.1 Å². The molecule has 0 aromatic carbocycles. The van der Waals surface area contributed by atoms with Crippen molar-refractivity contribution in [1.82, 2.24) is 4.23 Å². The molecular weight excluding hydrogens is 334 g/mol. The van der Waals surface area contributed by atoms with E-state index in [2.05, 4.69) is 100 Å². The summed E-state index contributed by atoms with van der Waals surface area (Å²) in [5.74, 6) is 0. The molecule has 0 heterocycles. The van der Waals surface area contributed by atoms with E-state index >= 15 is 0 Å². The van der Waals surface area contributed by atoms with Crippen molar-refractivity contribution >= 4 is 28.1 Å². The first-order valence-electron chi connectivity index (χ1n) is 9.03. The van der Waals surface area contributed by atoms with Crippen molar-refractivity contribution in [3.8, 4) is 0 Å². The molecule has 0 atom stereocenters. The second kappa shape index (κ2) is 6.44. The quantitative estimate of drug-likeness (QED) is 0.275. The molecule has 0 spiro atoms. The molecule has 23 heavy (non-hydrogen) atoms. The van der Waals surface area contributed by atoms with Gasteiger partial charge in [0, 0.05) is 0 Å². The van der Waals surface area contributed by atoms with Crippen LogP contribution in [-0.4, -0.2) is 26.7 Å². The third-order valence-electron chi connectivity index (χ3n) is 6.29. The molecule has 0 aliphatic carbocycles. The lowest BCUT2D eigenvalue weighted by Crippen LogP contribution is -2.77. The lowest BCUT2D eigenvalue weighted by Gasteiger charge is -2.68. The summed E-state index contributed by atoms with van der Waals surface area (Å²) in [7, 11) is -3.75. The molecule has 4 heteroatoms. The highest BCUT2D eigenvalue weighted by Gasteiger charge is 2.66. The van der Waals surface area contributed by atoms with Gasteiger partial charge in [0.05, 0.1) is 6.00 Å². The van der Waals surface area contributed by atoms with Crippen molar-refractivity contribution < 1.29 is 0 Å². The zero-order valence-corrected chi connectivity index (χ0v) is 21.3. The van der Waals surface area contributed by atoms with Crippen LogP contribution in [0.1, 0.15) is 83.1 Å². The van der Waals surface area contributed by atoms with Crippen LogP contribution in [0.15, 0.2) is 0 Å². The Morgan fingerprint density at radius 2 is 0.870 bits per heavy atom. The minimum atomic E-state index is -2.01. The first-order valence-corrected chi connectivity index (χ1v) is 14.5. The third kappa shape index (κ3) is 3.78. The van der Waals surface area contributed by atoms with Gasteiger partial charge in [-0.2, -0.15) is 0 Å². The van der Waals surface area contributed by atoms with Crippen LogP contribution in [0.25, 0.3) is 0 Å². The summed E-state index contributed by atoms with van der Waals surface area (Å²) in [5.41, 5.74) is 0. The zero-order chi connectivity index (χ0) is 19.3. The van der Waals surface area contributed by atoms with Gasteiger partial charge in [-0.05, 0) is 20.2 Å². The van der Waals surface area contributed by atoms with Crippen LogP contribution in [0.2, 0.25) is 33.2 Å². The highest BCUT2D eigenvalue weighted by molar-refractivity contribution is 6.97. The van der Waals surface area contributed by atoms with Gasteiger partial charge in [0.15, 0.2) is 0 Å². The molecule has 0 rings (SSSR count). The van der Waals surface area contributed by atoms with Crippen LogP contribution in [-0.2, 0) is 0 Å². The molecule has 1 nitrogen and oxygen atoms in total. The summed E-state index contributed by atoms with van der Waals surface area (Å²) in [6.45, 7) is 34.4. The van der Waals surface area contributed by atoms with Crippen molar-refractivity contribution in [3.05, 3.63) is 0 Å². The molecule has 0 unspecified atom stereocenters. The number of rotatable bonds is 3. The molecule has 0 fully saturated rings. The fourth-order valence-electron chi connectivity index (χ4n) is 5.65. The maximum absolute atomic E-state index is 6.76. The Labute approximate surface area is 154 Å². The summed E-state index contributed by atoms with van der Waals surface area (Å²) in [4.78, 5) is 0. The molecule has 0 aromatic heterocycles. The van der Waals surface area contributed by atoms with E-state index in [1.807, 2.05) is 0 Å². The van der Waals surface area contributed by atoms with Crippen molar-refractivity contribution in [2.45, 2.75) is 116 Å². The monoisotopic (exact) mass is 377 g/mol. The Balaban J connectivity index is 6.93. The topological polar surface area (TPSA) is 3.24 Å². The minimum Gasteiger partial charge on any atom is -0.331 e. The second-order valence-corrected chi connectivity index (χ2v) is 24.1. The molecule has 0 radical (unpaired) electrons. The number of nitrogens with zero attached hydrogens (tertiary/aromatic N) is 1. The van der Waals surface area contributed by atoms with E-state index in [0.717, 1.165) is 0 Å². The lowest BCUT2D eigenvalue weighted by atomic mass is 10.2. The highest BCUT2D eigenvalue weighted by Crippen LogP contribution is 2.65. The standard InChI is InChI=1S/C19H44ClNSi2/c1-16(2,3)22(13,14)21(15-20)23(17(4,5)6,18(7,8)9)19(10,11)12/h15H2,1-14H3. The normalized spacial score (nSPS) is 16.2. The average Bonchev–Trinajstić information content (AvgIpc) is 2.17. The van der Waals surface area contributed by atoms with Gasteiger partial charge in [0.25, 0.3) is 0 Å². The molecule has 0 bridgehead atoms. The molecular formula is C19H44ClNSi2. The average molecular weight is 378 g/mol. The summed E-state index contributed by atoms with van der Waals surface area (Å²) < 4.78 is 2.88. The first kappa shape index (κ1) is 23.7. The van der Waals surface area contributed by atoms with Crippen molar-refractivity contribution in [1.29, 1.82) is 0 Å². The van der Waals surface area contributed by atoms with Crippen LogP contribution < -0.4 is 0 Å². The van der Waals surface area contributed by atoms with E-state index in [0.29, 0.717) is 11.0 Å². The number of hydrogen-bond acceptors (Lipinski definition) is 1. The van der Waals surface area contributed by atoms with Crippen molar-refractivity contribution in [2.75, 3.05) is 6.00 Å². The first-order chi connectivity index (χ1) is 9.69. The Bertz CT molecular complexity index is 367. The second-order valence-electron chi connectivity index (χ2n) is 11.8. The molecule has 0 saturated heterocycles.